The Morgan fingerprint density at radius 3 is 2.91 bits per heavy atom. The van der Waals surface area contributed by atoms with E-state index >= 15 is 0 Å². The molecular weight excluding hydrogens is 409 g/mol. The second-order valence-corrected chi connectivity index (χ2v) is 6.86. The third-order valence-corrected chi connectivity index (χ3v) is 4.87. The zero-order valence-electron chi connectivity index (χ0n) is 13.8. The summed E-state index contributed by atoms with van der Waals surface area (Å²) in [6.07, 6.45) is 4.18. The van der Waals surface area contributed by atoms with E-state index in [4.69, 9.17) is 0 Å². The van der Waals surface area contributed by atoms with Crippen LogP contribution in [0.2, 0.25) is 0 Å². The number of aryl methyl sites for hydroxylation is 1. The smallest absolute Gasteiger partial charge is 0.191 e. The molecular formula is C15H28IN5S. The van der Waals surface area contributed by atoms with Gasteiger partial charge in [0.25, 0.3) is 0 Å². The zero-order valence-corrected chi connectivity index (χ0v) is 16.9. The first-order valence-corrected chi connectivity index (χ1v) is 8.61. The predicted molar refractivity (Wildman–Crippen MR) is 106 cm³/mol. The fourth-order valence-corrected chi connectivity index (χ4v) is 3.42. The SMILES string of the molecule is CCN1CCC(CNC(=NC)NCCc2ncc(C)s2)C1.I. The van der Waals surface area contributed by atoms with Gasteiger partial charge in [0.05, 0.1) is 5.01 Å². The first-order valence-electron chi connectivity index (χ1n) is 7.79. The highest BCUT2D eigenvalue weighted by molar-refractivity contribution is 14.0. The van der Waals surface area contributed by atoms with Gasteiger partial charge in [-0.15, -0.1) is 35.3 Å². The van der Waals surface area contributed by atoms with Crippen molar-refractivity contribution in [2.45, 2.75) is 26.7 Å². The standard InChI is InChI=1S/C15H27N5S.HI/c1-4-20-8-6-13(11-20)10-19-15(16-3)17-7-5-14-18-9-12(2)21-14;/h9,13H,4-8,10-11H2,1-3H3,(H2,16,17,19);1H. The molecule has 0 aromatic carbocycles. The number of nitrogens with zero attached hydrogens (tertiary/aromatic N) is 3. The van der Waals surface area contributed by atoms with Gasteiger partial charge in [-0.1, -0.05) is 6.92 Å². The Hall–Kier alpha value is -0.410. The highest BCUT2D eigenvalue weighted by Gasteiger charge is 2.20. The van der Waals surface area contributed by atoms with Gasteiger partial charge in [0.15, 0.2) is 5.96 Å². The molecule has 22 heavy (non-hydrogen) atoms. The summed E-state index contributed by atoms with van der Waals surface area (Å²) in [7, 11) is 1.83. The Balaban J connectivity index is 0.00000242. The lowest BCUT2D eigenvalue weighted by Crippen LogP contribution is -2.41. The van der Waals surface area contributed by atoms with E-state index in [0.29, 0.717) is 0 Å². The Kier molecular flexibility index (Phi) is 9.27. The van der Waals surface area contributed by atoms with Gasteiger partial charge in [-0.2, -0.15) is 0 Å². The molecule has 1 saturated heterocycles. The number of aromatic nitrogens is 1. The molecule has 5 nitrogen and oxygen atoms in total. The van der Waals surface area contributed by atoms with Crippen molar-refractivity contribution in [1.82, 2.24) is 20.5 Å². The summed E-state index contributed by atoms with van der Waals surface area (Å²) in [5.41, 5.74) is 0. The fraction of sp³-hybridized carbons (Fsp3) is 0.733. The lowest BCUT2D eigenvalue weighted by molar-refractivity contribution is 0.342. The average Bonchev–Trinajstić information content (AvgIpc) is 3.11. The van der Waals surface area contributed by atoms with Crippen LogP contribution in [0.25, 0.3) is 0 Å². The van der Waals surface area contributed by atoms with Crippen LogP contribution in [0.15, 0.2) is 11.2 Å². The van der Waals surface area contributed by atoms with Gasteiger partial charge in [0, 0.05) is 44.2 Å². The van der Waals surface area contributed by atoms with Gasteiger partial charge in [-0.25, -0.2) is 4.98 Å². The van der Waals surface area contributed by atoms with E-state index in [1.165, 1.54) is 29.4 Å². The number of hydrogen-bond acceptors (Lipinski definition) is 4. The average molecular weight is 437 g/mol. The quantitative estimate of drug-likeness (QED) is 0.407. The summed E-state index contributed by atoms with van der Waals surface area (Å²) < 4.78 is 0. The van der Waals surface area contributed by atoms with Gasteiger partial charge in [-0.3, -0.25) is 4.99 Å². The van der Waals surface area contributed by atoms with Crippen molar-refractivity contribution in [3.05, 3.63) is 16.1 Å². The highest BCUT2D eigenvalue weighted by atomic mass is 127. The van der Waals surface area contributed by atoms with Crippen molar-refractivity contribution in [3.63, 3.8) is 0 Å². The molecule has 1 aliphatic rings. The van der Waals surface area contributed by atoms with E-state index in [2.05, 4.69) is 39.4 Å². The van der Waals surface area contributed by atoms with E-state index in [9.17, 15) is 0 Å². The van der Waals surface area contributed by atoms with Crippen molar-refractivity contribution < 1.29 is 0 Å². The van der Waals surface area contributed by atoms with Crippen LogP contribution in [0.5, 0.6) is 0 Å². The Morgan fingerprint density at radius 1 is 1.50 bits per heavy atom. The second-order valence-electron chi connectivity index (χ2n) is 5.54. The van der Waals surface area contributed by atoms with Crippen LogP contribution in [0.1, 0.15) is 23.2 Å². The van der Waals surface area contributed by atoms with Crippen LogP contribution in [-0.4, -0.2) is 55.6 Å². The molecule has 0 amide bonds. The van der Waals surface area contributed by atoms with E-state index in [1.54, 1.807) is 11.3 Å². The Bertz CT molecular complexity index is 463. The van der Waals surface area contributed by atoms with Crippen LogP contribution in [0.3, 0.4) is 0 Å². The maximum atomic E-state index is 4.38. The van der Waals surface area contributed by atoms with Crippen molar-refractivity contribution in [2.75, 3.05) is 39.8 Å². The molecule has 1 unspecified atom stereocenters. The molecule has 1 aromatic heterocycles. The largest absolute Gasteiger partial charge is 0.356 e. The van der Waals surface area contributed by atoms with Crippen LogP contribution in [0, 0.1) is 12.8 Å². The lowest BCUT2D eigenvalue weighted by Gasteiger charge is -2.16. The third kappa shape index (κ3) is 6.37. The Labute approximate surface area is 155 Å². The maximum Gasteiger partial charge on any atom is 0.191 e. The number of rotatable bonds is 6. The minimum Gasteiger partial charge on any atom is -0.356 e. The molecule has 0 bridgehead atoms. The lowest BCUT2D eigenvalue weighted by atomic mass is 10.1. The molecule has 1 aliphatic heterocycles. The van der Waals surface area contributed by atoms with Gasteiger partial charge >= 0.3 is 0 Å². The van der Waals surface area contributed by atoms with Crippen molar-refractivity contribution in [2.24, 2.45) is 10.9 Å². The molecule has 1 fully saturated rings. The monoisotopic (exact) mass is 437 g/mol. The number of halogens is 1. The highest BCUT2D eigenvalue weighted by Crippen LogP contribution is 2.14. The summed E-state index contributed by atoms with van der Waals surface area (Å²) >= 11 is 1.77. The second kappa shape index (κ2) is 10.4. The molecule has 2 rings (SSSR count). The maximum absolute atomic E-state index is 4.38. The molecule has 1 aromatic rings. The van der Waals surface area contributed by atoms with Crippen LogP contribution >= 0.6 is 35.3 Å². The molecule has 0 radical (unpaired) electrons. The number of hydrogen-bond donors (Lipinski definition) is 2. The summed E-state index contributed by atoms with van der Waals surface area (Å²) in [5, 5.41) is 8.00. The first kappa shape index (κ1) is 19.6. The number of thiazole rings is 1. The minimum absolute atomic E-state index is 0. The van der Waals surface area contributed by atoms with Gasteiger partial charge in [0.1, 0.15) is 0 Å². The van der Waals surface area contributed by atoms with E-state index < -0.39 is 0 Å². The van der Waals surface area contributed by atoms with Gasteiger partial charge < -0.3 is 15.5 Å². The Morgan fingerprint density at radius 2 is 2.32 bits per heavy atom. The number of guanidine groups is 1. The fourth-order valence-electron chi connectivity index (χ4n) is 2.63. The predicted octanol–water partition coefficient (Wildman–Crippen LogP) is 2.12. The van der Waals surface area contributed by atoms with E-state index in [1.807, 2.05) is 13.2 Å². The molecule has 0 spiro atoms. The minimum atomic E-state index is 0. The van der Waals surface area contributed by atoms with Gasteiger partial charge in [0.2, 0.25) is 0 Å². The van der Waals surface area contributed by atoms with Crippen molar-refractivity contribution >= 4 is 41.3 Å². The molecule has 2 N–H and O–H groups in total. The summed E-state index contributed by atoms with van der Waals surface area (Å²) in [4.78, 5) is 12.4. The molecule has 2 heterocycles. The van der Waals surface area contributed by atoms with Crippen LogP contribution in [-0.2, 0) is 6.42 Å². The third-order valence-electron chi connectivity index (χ3n) is 3.90. The topological polar surface area (TPSA) is 52.5 Å². The van der Waals surface area contributed by atoms with Gasteiger partial charge in [-0.05, 0) is 32.4 Å². The number of likely N-dealkylation sites (tertiary alicyclic amines) is 1. The van der Waals surface area contributed by atoms with E-state index in [-0.39, 0.29) is 24.0 Å². The molecule has 126 valence electrons. The summed E-state index contributed by atoms with van der Waals surface area (Å²) in [5.74, 6) is 1.64. The van der Waals surface area contributed by atoms with E-state index in [0.717, 1.165) is 37.9 Å². The normalized spacial score (nSPS) is 19.0. The van der Waals surface area contributed by atoms with Crippen molar-refractivity contribution in [3.8, 4) is 0 Å². The molecule has 1 atom stereocenters. The van der Waals surface area contributed by atoms with Crippen molar-refractivity contribution in [1.29, 1.82) is 0 Å². The molecule has 7 heteroatoms. The summed E-state index contributed by atoms with van der Waals surface area (Å²) in [6, 6.07) is 0. The number of aliphatic imine (C=N–C) groups is 1. The van der Waals surface area contributed by atoms with Crippen LogP contribution < -0.4 is 10.6 Å². The first-order chi connectivity index (χ1) is 10.2. The molecule has 0 aliphatic carbocycles. The summed E-state index contributed by atoms with van der Waals surface area (Å²) in [6.45, 7) is 9.81. The zero-order chi connectivity index (χ0) is 15.1. The number of nitrogens with one attached hydrogen (secondary N) is 2. The van der Waals surface area contributed by atoms with Crippen LogP contribution in [0.4, 0.5) is 0 Å². The molecule has 0 saturated carbocycles.